The van der Waals surface area contributed by atoms with Gasteiger partial charge >= 0.3 is 0 Å². The van der Waals surface area contributed by atoms with Crippen LogP contribution < -0.4 is 0 Å². The van der Waals surface area contributed by atoms with Crippen LogP contribution in [0.3, 0.4) is 0 Å². The van der Waals surface area contributed by atoms with Gasteiger partial charge in [0.1, 0.15) is 11.5 Å². The van der Waals surface area contributed by atoms with Crippen LogP contribution in [0.25, 0.3) is 5.76 Å². The molecule has 7 heteroatoms. The Balaban J connectivity index is 2.01. The van der Waals surface area contributed by atoms with Crippen molar-refractivity contribution in [3.63, 3.8) is 0 Å². The first-order valence-electron chi connectivity index (χ1n) is 9.74. The monoisotopic (exact) mass is 429 g/mol. The Labute approximate surface area is 180 Å². The van der Waals surface area contributed by atoms with Gasteiger partial charge in [0.15, 0.2) is 0 Å². The van der Waals surface area contributed by atoms with E-state index in [0.717, 1.165) is 0 Å². The zero-order valence-corrected chi connectivity index (χ0v) is 17.6. The van der Waals surface area contributed by atoms with Crippen molar-refractivity contribution in [2.75, 3.05) is 13.2 Å². The Morgan fingerprint density at radius 2 is 1.73 bits per heavy atom. The summed E-state index contributed by atoms with van der Waals surface area (Å²) < 4.78 is 5.55. The number of rotatable bonds is 7. The number of ether oxygens (including phenoxy) is 1. The van der Waals surface area contributed by atoms with Crippen molar-refractivity contribution < 1.29 is 24.5 Å². The molecule has 158 valence electrons. The van der Waals surface area contributed by atoms with Crippen LogP contribution in [0.1, 0.15) is 37.4 Å². The summed E-state index contributed by atoms with van der Waals surface area (Å²) in [5, 5.41) is 21.0. The molecule has 3 rings (SSSR count). The number of carbonyl (C=O) groups excluding carboxylic acids is 2. The van der Waals surface area contributed by atoms with Crippen molar-refractivity contribution in [2.24, 2.45) is 0 Å². The van der Waals surface area contributed by atoms with Crippen molar-refractivity contribution in [3.05, 3.63) is 70.3 Å². The van der Waals surface area contributed by atoms with E-state index in [1.807, 2.05) is 13.8 Å². The van der Waals surface area contributed by atoms with Gasteiger partial charge in [-0.3, -0.25) is 9.59 Å². The summed E-state index contributed by atoms with van der Waals surface area (Å²) in [6.07, 6.45) is 0.610. The standard InChI is InChI=1S/C23H24ClNO5/c1-14(2)30-13-3-12-25-20(15-6-10-18(26)11-7-15)19(22(28)23(25)29)21(27)16-4-8-17(24)9-5-16/h4-11,14,20,26-27H,3,12-13H2,1-2H3/t20-/m1/s1. The van der Waals surface area contributed by atoms with E-state index >= 15 is 0 Å². The number of carbonyl (C=O) groups is 2. The van der Waals surface area contributed by atoms with E-state index in [-0.39, 0.29) is 23.2 Å². The summed E-state index contributed by atoms with van der Waals surface area (Å²) in [5.74, 6) is -1.61. The molecule has 0 unspecified atom stereocenters. The third-order valence-electron chi connectivity index (χ3n) is 4.86. The van der Waals surface area contributed by atoms with Gasteiger partial charge in [0.25, 0.3) is 11.7 Å². The molecule has 0 radical (unpaired) electrons. The van der Waals surface area contributed by atoms with E-state index in [1.54, 1.807) is 36.4 Å². The van der Waals surface area contributed by atoms with Gasteiger partial charge in [-0.2, -0.15) is 0 Å². The number of likely N-dealkylation sites (tertiary alicyclic amines) is 1. The summed E-state index contributed by atoms with van der Waals surface area (Å²) >= 11 is 5.92. The van der Waals surface area contributed by atoms with Gasteiger partial charge in [0.2, 0.25) is 0 Å². The molecule has 1 saturated heterocycles. The Kier molecular flexibility index (Phi) is 6.80. The molecule has 1 heterocycles. The van der Waals surface area contributed by atoms with Crippen molar-refractivity contribution in [3.8, 4) is 5.75 Å². The summed E-state index contributed by atoms with van der Waals surface area (Å²) in [4.78, 5) is 27.1. The number of hydrogen-bond acceptors (Lipinski definition) is 5. The average Bonchev–Trinajstić information content (AvgIpc) is 2.96. The molecule has 6 nitrogen and oxygen atoms in total. The normalized spacial score (nSPS) is 18.4. The highest BCUT2D eigenvalue weighted by Crippen LogP contribution is 2.39. The SMILES string of the molecule is CC(C)OCCCN1C(=O)C(=O)C(=C(O)c2ccc(Cl)cc2)[C@H]1c1ccc(O)cc1. The Hall–Kier alpha value is -2.83. The van der Waals surface area contributed by atoms with Gasteiger partial charge in [-0.05, 0) is 62.2 Å². The highest BCUT2D eigenvalue weighted by molar-refractivity contribution is 6.46. The maximum absolute atomic E-state index is 12.9. The zero-order chi connectivity index (χ0) is 21.8. The van der Waals surface area contributed by atoms with Crippen molar-refractivity contribution >= 4 is 29.1 Å². The van der Waals surface area contributed by atoms with Crippen LogP contribution in [0.4, 0.5) is 0 Å². The number of hydrogen-bond donors (Lipinski definition) is 2. The second-order valence-corrected chi connectivity index (χ2v) is 7.80. The average molecular weight is 430 g/mol. The highest BCUT2D eigenvalue weighted by Gasteiger charge is 2.45. The van der Waals surface area contributed by atoms with E-state index in [0.29, 0.717) is 35.7 Å². The first-order valence-corrected chi connectivity index (χ1v) is 10.1. The second-order valence-electron chi connectivity index (χ2n) is 7.36. The van der Waals surface area contributed by atoms with Crippen LogP contribution in [0.2, 0.25) is 5.02 Å². The molecule has 1 fully saturated rings. The molecule has 2 aromatic carbocycles. The Morgan fingerprint density at radius 3 is 2.33 bits per heavy atom. The zero-order valence-electron chi connectivity index (χ0n) is 16.8. The van der Waals surface area contributed by atoms with Crippen LogP contribution in [0, 0.1) is 0 Å². The first-order chi connectivity index (χ1) is 14.3. The molecule has 30 heavy (non-hydrogen) atoms. The lowest BCUT2D eigenvalue weighted by Crippen LogP contribution is -2.31. The first kappa shape index (κ1) is 21.9. The molecule has 1 amide bonds. The van der Waals surface area contributed by atoms with Gasteiger partial charge in [-0.25, -0.2) is 0 Å². The minimum Gasteiger partial charge on any atom is -0.508 e. The fraction of sp³-hybridized carbons (Fsp3) is 0.304. The second kappa shape index (κ2) is 9.32. The van der Waals surface area contributed by atoms with Gasteiger partial charge in [-0.1, -0.05) is 23.7 Å². The Morgan fingerprint density at radius 1 is 1.10 bits per heavy atom. The maximum Gasteiger partial charge on any atom is 0.295 e. The van der Waals surface area contributed by atoms with Gasteiger partial charge < -0.3 is 19.8 Å². The number of aliphatic hydroxyl groups excluding tert-OH is 1. The number of ketones is 1. The number of aromatic hydroxyl groups is 1. The van der Waals surface area contributed by atoms with Crippen LogP contribution >= 0.6 is 11.6 Å². The summed E-state index contributed by atoms with van der Waals surface area (Å²) in [6.45, 7) is 4.59. The lowest BCUT2D eigenvalue weighted by molar-refractivity contribution is -0.140. The van der Waals surface area contributed by atoms with Crippen LogP contribution in [0.15, 0.2) is 54.1 Å². The third-order valence-corrected chi connectivity index (χ3v) is 5.11. The minimum absolute atomic E-state index is 0.0118. The number of aliphatic hydroxyl groups is 1. The van der Waals surface area contributed by atoms with Gasteiger partial charge in [-0.15, -0.1) is 0 Å². The van der Waals surface area contributed by atoms with E-state index in [4.69, 9.17) is 16.3 Å². The minimum atomic E-state index is -0.764. The molecule has 1 atom stereocenters. The molecule has 2 N–H and O–H groups in total. The number of nitrogens with zero attached hydrogens (tertiary/aromatic N) is 1. The molecule has 1 aliphatic rings. The molecular weight excluding hydrogens is 406 g/mol. The summed E-state index contributed by atoms with van der Waals surface area (Å²) in [7, 11) is 0. The maximum atomic E-state index is 12.9. The fourth-order valence-corrected chi connectivity index (χ4v) is 3.56. The van der Waals surface area contributed by atoms with Crippen LogP contribution in [-0.4, -0.2) is 46.1 Å². The quantitative estimate of drug-likeness (QED) is 0.297. The summed E-state index contributed by atoms with van der Waals surface area (Å²) in [6, 6.07) is 11.9. The molecule has 0 aromatic heterocycles. The lowest BCUT2D eigenvalue weighted by atomic mass is 9.95. The fourth-order valence-electron chi connectivity index (χ4n) is 3.43. The van der Waals surface area contributed by atoms with Crippen LogP contribution in [0.5, 0.6) is 5.75 Å². The third kappa shape index (κ3) is 4.66. The highest BCUT2D eigenvalue weighted by atomic mass is 35.5. The number of phenols is 1. The van der Waals surface area contributed by atoms with Crippen molar-refractivity contribution in [1.82, 2.24) is 4.90 Å². The summed E-state index contributed by atoms with van der Waals surface area (Å²) in [5.41, 5.74) is 1.02. The molecule has 0 saturated carbocycles. The molecular formula is C23H24ClNO5. The largest absolute Gasteiger partial charge is 0.508 e. The van der Waals surface area contributed by atoms with E-state index in [1.165, 1.54) is 17.0 Å². The molecule has 2 aromatic rings. The predicted octanol–water partition coefficient (Wildman–Crippen LogP) is 4.28. The van der Waals surface area contributed by atoms with Crippen molar-refractivity contribution in [2.45, 2.75) is 32.4 Å². The predicted molar refractivity (Wildman–Crippen MR) is 114 cm³/mol. The van der Waals surface area contributed by atoms with Gasteiger partial charge in [0.05, 0.1) is 17.7 Å². The number of Topliss-reactive ketones (excluding diaryl/α,β-unsaturated/α-hetero) is 1. The molecule has 0 aliphatic carbocycles. The van der Waals surface area contributed by atoms with E-state index in [9.17, 15) is 19.8 Å². The topological polar surface area (TPSA) is 87.1 Å². The van der Waals surface area contributed by atoms with E-state index in [2.05, 4.69) is 0 Å². The number of amides is 1. The smallest absolute Gasteiger partial charge is 0.295 e. The molecule has 0 spiro atoms. The number of phenolic OH excluding ortho intramolecular Hbond substituents is 1. The van der Waals surface area contributed by atoms with Gasteiger partial charge in [0, 0.05) is 23.7 Å². The number of halogens is 1. The molecule has 0 bridgehead atoms. The van der Waals surface area contributed by atoms with Crippen LogP contribution in [-0.2, 0) is 14.3 Å². The lowest BCUT2D eigenvalue weighted by Gasteiger charge is -2.25. The Bertz CT molecular complexity index is 951. The van der Waals surface area contributed by atoms with E-state index < -0.39 is 17.7 Å². The number of benzene rings is 2. The van der Waals surface area contributed by atoms with Crippen molar-refractivity contribution in [1.29, 1.82) is 0 Å². The molecule has 1 aliphatic heterocycles.